The van der Waals surface area contributed by atoms with Crippen LogP contribution in [0.4, 0.5) is 10.1 Å². The Morgan fingerprint density at radius 2 is 2.06 bits per heavy atom. The number of nitrogen functional groups attached to an aromatic ring is 1. The van der Waals surface area contributed by atoms with E-state index >= 15 is 0 Å². The predicted octanol–water partition coefficient (Wildman–Crippen LogP) is 1.83. The SMILES string of the molecule is C=CCN(C)S(=O)(=O)c1c(C)cc(F)c(N)c1C. The number of halogens is 1. The van der Waals surface area contributed by atoms with E-state index in [4.69, 9.17) is 5.73 Å². The number of aryl methyl sites for hydroxylation is 1. The van der Waals surface area contributed by atoms with Gasteiger partial charge in [-0.25, -0.2) is 12.8 Å². The predicted molar refractivity (Wildman–Crippen MR) is 70.3 cm³/mol. The Labute approximate surface area is 107 Å². The van der Waals surface area contributed by atoms with Crippen LogP contribution >= 0.6 is 0 Å². The number of rotatable bonds is 4. The van der Waals surface area contributed by atoms with Crippen molar-refractivity contribution in [2.45, 2.75) is 18.7 Å². The van der Waals surface area contributed by atoms with Gasteiger partial charge >= 0.3 is 0 Å². The molecule has 6 heteroatoms. The summed E-state index contributed by atoms with van der Waals surface area (Å²) in [5.74, 6) is -0.602. The fourth-order valence-electron chi connectivity index (χ4n) is 1.76. The molecule has 0 aliphatic carbocycles. The van der Waals surface area contributed by atoms with Crippen molar-refractivity contribution in [3.05, 3.63) is 35.7 Å². The smallest absolute Gasteiger partial charge is 0.243 e. The minimum Gasteiger partial charge on any atom is -0.396 e. The molecule has 0 unspecified atom stereocenters. The van der Waals surface area contributed by atoms with Crippen molar-refractivity contribution in [2.75, 3.05) is 19.3 Å². The monoisotopic (exact) mass is 272 g/mol. The highest BCUT2D eigenvalue weighted by atomic mass is 32.2. The van der Waals surface area contributed by atoms with E-state index in [0.29, 0.717) is 5.56 Å². The average Bonchev–Trinajstić information content (AvgIpc) is 2.26. The normalized spacial score (nSPS) is 11.8. The van der Waals surface area contributed by atoms with Crippen LogP contribution in [-0.2, 0) is 10.0 Å². The molecular weight excluding hydrogens is 255 g/mol. The topological polar surface area (TPSA) is 63.4 Å². The lowest BCUT2D eigenvalue weighted by molar-refractivity contribution is 0.498. The molecule has 1 aromatic carbocycles. The van der Waals surface area contributed by atoms with E-state index in [2.05, 4.69) is 6.58 Å². The second kappa shape index (κ2) is 5.07. The summed E-state index contributed by atoms with van der Waals surface area (Å²) in [5.41, 5.74) is 5.99. The molecule has 100 valence electrons. The molecule has 0 aromatic heterocycles. The van der Waals surface area contributed by atoms with Crippen LogP contribution in [0.2, 0.25) is 0 Å². The molecule has 0 saturated carbocycles. The zero-order valence-corrected chi connectivity index (χ0v) is 11.5. The van der Waals surface area contributed by atoms with Gasteiger partial charge in [-0.2, -0.15) is 4.31 Å². The molecule has 0 spiro atoms. The van der Waals surface area contributed by atoms with E-state index in [1.54, 1.807) is 6.92 Å². The van der Waals surface area contributed by atoms with Gasteiger partial charge in [0, 0.05) is 13.6 Å². The summed E-state index contributed by atoms with van der Waals surface area (Å²) in [5, 5.41) is 0. The largest absolute Gasteiger partial charge is 0.396 e. The maximum absolute atomic E-state index is 13.4. The van der Waals surface area contributed by atoms with E-state index < -0.39 is 15.8 Å². The van der Waals surface area contributed by atoms with Crippen molar-refractivity contribution in [3.8, 4) is 0 Å². The van der Waals surface area contributed by atoms with Crippen LogP contribution in [0, 0.1) is 19.7 Å². The number of hydrogen-bond acceptors (Lipinski definition) is 3. The van der Waals surface area contributed by atoms with E-state index in [1.165, 1.54) is 20.0 Å². The zero-order chi connectivity index (χ0) is 14.1. The number of anilines is 1. The van der Waals surface area contributed by atoms with Gasteiger partial charge < -0.3 is 5.73 Å². The molecule has 0 bridgehead atoms. The minimum atomic E-state index is -3.69. The van der Waals surface area contributed by atoms with E-state index in [9.17, 15) is 12.8 Å². The van der Waals surface area contributed by atoms with Crippen LogP contribution in [0.3, 0.4) is 0 Å². The highest BCUT2D eigenvalue weighted by Gasteiger charge is 2.26. The molecule has 0 saturated heterocycles. The second-order valence-electron chi connectivity index (χ2n) is 4.12. The number of likely N-dealkylation sites (N-methyl/N-ethyl adjacent to an activating group) is 1. The number of benzene rings is 1. The Bertz CT molecular complexity index is 582. The molecule has 1 aromatic rings. The third kappa shape index (κ3) is 2.39. The molecule has 0 aliphatic rings. The molecule has 4 nitrogen and oxygen atoms in total. The number of sulfonamides is 1. The Morgan fingerprint density at radius 1 is 1.50 bits per heavy atom. The first-order valence-corrected chi connectivity index (χ1v) is 6.80. The summed E-state index contributed by atoms with van der Waals surface area (Å²) in [4.78, 5) is 0.0609. The molecule has 0 aliphatic heterocycles. The lowest BCUT2D eigenvalue weighted by Crippen LogP contribution is -2.28. The first-order valence-electron chi connectivity index (χ1n) is 5.35. The van der Waals surface area contributed by atoms with Crippen LogP contribution in [0.1, 0.15) is 11.1 Å². The van der Waals surface area contributed by atoms with Crippen LogP contribution < -0.4 is 5.73 Å². The van der Waals surface area contributed by atoms with Gasteiger partial charge in [0.1, 0.15) is 5.82 Å². The first-order chi connectivity index (χ1) is 8.23. The number of nitrogens with zero attached hydrogens (tertiary/aromatic N) is 1. The molecule has 1 rings (SSSR count). The Morgan fingerprint density at radius 3 is 2.56 bits per heavy atom. The summed E-state index contributed by atoms with van der Waals surface area (Å²) < 4.78 is 39.2. The van der Waals surface area contributed by atoms with Gasteiger partial charge in [0.05, 0.1) is 10.6 Å². The highest BCUT2D eigenvalue weighted by molar-refractivity contribution is 7.89. The molecule has 0 heterocycles. The third-order valence-corrected chi connectivity index (χ3v) is 4.87. The molecule has 2 N–H and O–H groups in total. The van der Waals surface area contributed by atoms with Crippen molar-refractivity contribution >= 4 is 15.7 Å². The molecule has 0 fully saturated rings. The molecule has 0 atom stereocenters. The Balaban J connectivity index is 3.51. The summed E-state index contributed by atoms with van der Waals surface area (Å²) in [6, 6.07) is 1.14. The minimum absolute atomic E-state index is 0.0609. The van der Waals surface area contributed by atoms with Gasteiger partial charge in [-0.3, -0.25) is 0 Å². The molecule has 0 amide bonds. The van der Waals surface area contributed by atoms with Crippen LogP contribution in [0.5, 0.6) is 0 Å². The van der Waals surface area contributed by atoms with Gasteiger partial charge in [-0.05, 0) is 31.0 Å². The van der Waals surface area contributed by atoms with Gasteiger partial charge in [0.2, 0.25) is 10.0 Å². The van der Waals surface area contributed by atoms with Crippen molar-refractivity contribution in [1.29, 1.82) is 0 Å². The van der Waals surface area contributed by atoms with E-state index in [1.807, 2.05) is 0 Å². The van der Waals surface area contributed by atoms with E-state index in [-0.39, 0.29) is 22.7 Å². The quantitative estimate of drug-likeness (QED) is 0.672. The Kier molecular flexibility index (Phi) is 4.13. The first kappa shape index (κ1) is 14.7. The van der Waals surface area contributed by atoms with Gasteiger partial charge in [0.25, 0.3) is 0 Å². The summed E-state index contributed by atoms with van der Waals surface area (Å²) >= 11 is 0. The zero-order valence-electron chi connectivity index (χ0n) is 10.7. The third-order valence-electron chi connectivity index (χ3n) is 2.76. The second-order valence-corrected chi connectivity index (χ2v) is 6.10. The maximum atomic E-state index is 13.4. The van der Waals surface area contributed by atoms with Crippen molar-refractivity contribution in [3.63, 3.8) is 0 Å². The Hall–Kier alpha value is -1.40. The summed E-state index contributed by atoms with van der Waals surface area (Å²) in [6.07, 6.45) is 1.48. The van der Waals surface area contributed by atoms with Gasteiger partial charge in [-0.1, -0.05) is 6.08 Å². The average molecular weight is 272 g/mol. The van der Waals surface area contributed by atoms with Crippen LogP contribution in [0.25, 0.3) is 0 Å². The highest BCUT2D eigenvalue weighted by Crippen LogP contribution is 2.29. The van der Waals surface area contributed by atoms with Crippen molar-refractivity contribution in [1.82, 2.24) is 4.31 Å². The fourth-order valence-corrected chi connectivity index (χ4v) is 3.34. The lowest BCUT2D eigenvalue weighted by Gasteiger charge is -2.19. The molecule has 0 radical (unpaired) electrons. The van der Waals surface area contributed by atoms with Crippen LogP contribution in [-0.4, -0.2) is 26.3 Å². The van der Waals surface area contributed by atoms with Crippen molar-refractivity contribution in [2.24, 2.45) is 0 Å². The fraction of sp³-hybridized carbons (Fsp3) is 0.333. The lowest BCUT2D eigenvalue weighted by atomic mass is 10.1. The number of nitrogens with two attached hydrogens (primary N) is 1. The van der Waals surface area contributed by atoms with Crippen molar-refractivity contribution < 1.29 is 12.8 Å². The van der Waals surface area contributed by atoms with Gasteiger partial charge in [0.15, 0.2) is 0 Å². The standard InChI is InChI=1S/C12H17FN2O2S/c1-5-6-15(4)18(16,17)12-8(2)7-10(13)11(14)9(12)3/h5,7H,1,6,14H2,2-4H3. The number of hydrogen-bond donors (Lipinski definition) is 1. The summed E-state index contributed by atoms with van der Waals surface area (Å²) in [6.45, 7) is 6.72. The summed E-state index contributed by atoms with van der Waals surface area (Å²) in [7, 11) is -2.25. The molecule has 18 heavy (non-hydrogen) atoms. The molecular formula is C12H17FN2O2S. The van der Waals surface area contributed by atoms with Gasteiger partial charge in [-0.15, -0.1) is 6.58 Å². The maximum Gasteiger partial charge on any atom is 0.243 e. The van der Waals surface area contributed by atoms with Crippen LogP contribution in [0.15, 0.2) is 23.6 Å². The van der Waals surface area contributed by atoms with E-state index in [0.717, 1.165) is 10.4 Å².